The van der Waals surface area contributed by atoms with Crippen molar-refractivity contribution in [2.45, 2.75) is 12.8 Å². The number of rotatable bonds is 2. The molecule has 0 atom stereocenters. The average Bonchev–Trinajstić information content (AvgIpc) is 2.70. The first-order valence-electron chi connectivity index (χ1n) is 8.70. The van der Waals surface area contributed by atoms with Gasteiger partial charge in [-0.15, -0.1) is 0 Å². The fraction of sp³-hybridized carbons (Fsp3) is 0.263. The van der Waals surface area contributed by atoms with E-state index in [-0.39, 0.29) is 16.7 Å². The first-order chi connectivity index (χ1) is 13.0. The fourth-order valence-electron chi connectivity index (χ4n) is 3.33. The Labute approximate surface area is 154 Å². The summed E-state index contributed by atoms with van der Waals surface area (Å²) in [7, 11) is 2.94. The summed E-state index contributed by atoms with van der Waals surface area (Å²) in [6.07, 6.45) is 2.02. The lowest BCUT2D eigenvalue weighted by atomic mass is 10.0. The molecule has 3 heterocycles. The van der Waals surface area contributed by atoms with E-state index in [1.807, 2.05) is 18.2 Å². The predicted molar refractivity (Wildman–Crippen MR) is 103 cm³/mol. The van der Waals surface area contributed by atoms with E-state index in [2.05, 4.69) is 15.6 Å². The Kier molecular flexibility index (Phi) is 4.02. The number of anilines is 2. The zero-order valence-electron chi connectivity index (χ0n) is 15.1. The number of aromatic nitrogens is 3. The van der Waals surface area contributed by atoms with E-state index in [9.17, 15) is 14.4 Å². The van der Waals surface area contributed by atoms with E-state index in [1.165, 1.54) is 30.8 Å². The van der Waals surface area contributed by atoms with Gasteiger partial charge in [0.05, 0.1) is 5.39 Å². The van der Waals surface area contributed by atoms with Crippen molar-refractivity contribution < 1.29 is 4.79 Å². The second-order valence-corrected chi connectivity index (χ2v) is 6.63. The average molecular weight is 365 g/mol. The van der Waals surface area contributed by atoms with Gasteiger partial charge < -0.3 is 10.6 Å². The van der Waals surface area contributed by atoms with Crippen LogP contribution >= 0.6 is 0 Å². The summed E-state index contributed by atoms with van der Waals surface area (Å²) in [5, 5.41) is 6.45. The van der Waals surface area contributed by atoms with Gasteiger partial charge in [0.25, 0.3) is 11.5 Å². The molecule has 0 spiro atoms. The Balaban J connectivity index is 1.69. The van der Waals surface area contributed by atoms with Crippen LogP contribution in [0.5, 0.6) is 0 Å². The van der Waals surface area contributed by atoms with Crippen molar-refractivity contribution in [2.75, 3.05) is 17.2 Å². The third kappa shape index (κ3) is 2.88. The Hall–Kier alpha value is -3.42. The number of hydrogen-bond acceptors (Lipinski definition) is 5. The molecule has 0 saturated heterocycles. The molecule has 2 N–H and O–H groups in total. The minimum atomic E-state index is -0.486. The molecule has 27 heavy (non-hydrogen) atoms. The van der Waals surface area contributed by atoms with Gasteiger partial charge in [-0.3, -0.25) is 18.7 Å². The lowest BCUT2D eigenvalue weighted by molar-refractivity contribution is 0.102. The lowest BCUT2D eigenvalue weighted by Gasteiger charge is -2.18. The number of carbonyl (C=O) groups is 1. The number of pyridine rings is 1. The summed E-state index contributed by atoms with van der Waals surface area (Å²) in [5.74, 6) is -0.395. The second kappa shape index (κ2) is 6.39. The molecule has 3 aromatic rings. The molecule has 8 heteroatoms. The van der Waals surface area contributed by atoms with E-state index in [0.29, 0.717) is 5.69 Å². The predicted octanol–water partition coefficient (Wildman–Crippen LogP) is 1.24. The van der Waals surface area contributed by atoms with E-state index in [4.69, 9.17) is 0 Å². The summed E-state index contributed by atoms with van der Waals surface area (Å²) >= 11 is 0. The van der Waals surface area contributed by atoms with Gasteiger partial charge in [0.15, 0.2) is 0 Å². The molecule has 0 fully saturated rings. The fourth-order valence-corrected chi connectivity index (χ4v) is 3.33. The number of nitrogens with zero attached hydrogens (tertiary/aromatic N) is 3. The van der Waals surface area contributed by atoms with Crippen LogP contribution in [-0.4, -0.2) is 26.6 Å². The summed E-state index contributed by atoms with van der Waals surface area (Å²) in [5.41, 5.74) is 2.34. The number of hydrogen-bond donors (Lipinski definition) is 2. The molecule has 8 nitrogen and oxygen atoms in total. The molecule has 0 bridgehead atoms. The SMILES string of the molecule is Cn1c(=O)c2ccc(C(=O)Nc3ccc4c(c3)CCCN4)nc2n(C)c1=O. The van der Waals surface area contributed by atoms with E-state index in [1.54, 1.807) is 0 Å². The summed E-state index contributed by atoms with van der Waals surface area (Å²) in [4.78, 5) is 41.2. The first kappa shape index (κ1) is 17.0. The minimum absolute atomic E-state index is 0.140. The third-order valence-electron chi connectivity index (χ3n) is 4.84. The van der Waals surface area contributed by atoms with Crippen molar-refractivity contribution in [1.82, 2.24) is 14.1 Å². The number of aryl methyl sites for hydroxylation is 2. The topological polar surface area (TPSA) is 98.0 Å². The van der Waals surface area contributed by atoms with Crippen LogP contribution in [0, 0.1) is 0 Å². The Morgan fingerprint density at radius 3 is 2.78 bits per heavy atom. The molecular formula is C19H19N5O3. The quantitative estimate of drug-likeness (QED) is 0.712. The highest BCUT2D eigenvalue weighted by atomic mass is 16.2. The summed E-state index contributed by atoms with van der Waals surface area (Å²) < 4.78 is 2.28. The molecule has 0 aliphatic carbocycles. The van der Waals surface area contributed by atoms with Crippen molar-refractivity contribution in [3.8, 4) is 0 Å². The molecule has 0 radical (unpaired) electrons. The molecule has 138 valence electrons. The normalized spacial score (nSPS) is 13.1. The van der Waals surface area contributed by atoms with Gasteiger partial charge in [-0.05, 0) is 48.7 Å². The number of carbonyl (C=O) groups excluding carboxylic acids is 1. The van der Waals surface area contributed by atoms with E-state index in [0.717, 1.165) is 35.2 Å². The van der Waals surface area contributed by atoms with Gasteiger partial charge in [0, 0.05) is 32.0 Å². The van der Waals surface area contributed by atoms with Crippen LogP contribution in [0.1, 0.15) is 22.5 Å². The minimum Gasteiger partial charge on any atom is -0.385 e. The molecular weight excluding hydrogens is 346 g/mol. The largest absolute Gasteiger partial charge is 0.385 e. The Morgan fingerprint density at radius 1 is 1.15 bits per heavy atom. The van der Waals surface area contributed by atoms with Crippen LogP contribution in [0.4, 0.5) is 11.4 Å². The Bertz CT molecular complexity index is 1190. The van der Waals surface area contributed by atoms with Crippen molar-refractivity contribution in [2.24, 2.45) is 14.1 Å². The zero-order valence-corrected chi connectivity index (χ0v) is 15.1. The summed E-state index contributed by atoms with van der Waals surface area (Å²) in [6, 6.07) is 8.75. The van der Waals surface area contributed by atoms with E-state index >= 15 is 0 Å². The highest BCUT2D eigenvalue weighted by Gasteiger charge is 2.15. The molecule has 1 amide bonds. The maximum atomic E-state index is 12.6. The van der Waals surface area contributed by atoms with Gasteiger partial charge in [0.1, 0.15) is 11.3 Å². The molecule has 1 aromatic carbocycles. The van der Waals surface area contributed by atoms with Crippen molar-refractivity contribution >= 4 is 28.3 Å². The van der Waals surface area contributed by atoms with Crippen molar-refractivity contribution in [3.05, 3.63) is 62.4 Å². The van der Waals surface area contributed by atoms with Crippen LogP contribution in [0.3, 0.4) is 0 Å². The molecule has 0 saturated carbocycles. The van der Waals surface area contributed by atoms with Gasteiger partial charge in [-0.1, -0.05) is 0 Å². The Morgan fingerprint density at radius 2 is 1.96 bits per heavy atom. The van der Waals surface area contributed by atoms with Crippen LogP contribution in [0.15, 0.2) is 39.9 Å². The number of benzene rings is 1. The van der Waals surface area contributed by atoms with Gasteiger partial charge >= 0.3 is 5.69 Å². The van der Waals surface area contributed by atoms with Gasteiger partial charge in [0.2, 0.25) is 0 Å². The smallest absolute Gasteiger partial charge is 0.332 e. The maximum absolute atomic E-state index is 12.6. The van der Waals surface area contributed by atoms with Gasteiger partial charge in [-0.25, -0.2) is 9.78 Å². The molecule has 4 rings (SSSR count). The van der Waals surface area contributed by atoms with Gasteiger partial charge in [-0.2, -0.15) is 0 Å². The summed E-state index contributed by atoms with van der Waals surface area (Å²) in [6.45, 7) is 0.956. The van der Waals surface area contributed by atoms with Crippen molar-refractivity contribution in [1.29, 1.82) is 0 Å². The molecule has 1 aliphatic heterocycles. The van der Waals surface area contributed by atoms with Crippen LogP contribution in [0.2, 0.25) is 0 Å². The highest BCUT2D eigenvalue weighted by molar-refractivity contribution is 6.04. The zero-order chi connectivity index (χ0) is 19.1. The molecule has 0 unspecified atom stereocenters. The highest BCUT2D eigenvalue weighted by Crippen LogP contribution is 2.25. The number of nitrogens with one attached hydrogen (secondary N) is 2. The second-order valence-electron chi connectivity index (χ2n) is 6.63. The molecule has 1 aliphatic rings. The number of amides is 1. The standard InChI is InChI=1S/C19H19N5O3/c1-23-16-13(18(26)24(2)19(23)27)6-8-15(22-16)17(25)21-12-5-7-14-11(10-12)4-3-9-20-14/h5-8,10,20H,3-4,9H2,1-2H3,(H,21,25). The van der Waals surface area contributed by atoms with Crippen molar-refractivity contribution in [3.63, 3.8) is 0 Å². The molecule has 2 aromatic heterocycles. The maximum Gasteiger partial charge on any atom is 0.332 e. The van der Waals surface area contributed by atoms with Crippen LogP contribution in [-0.2, 0) is 20.5 Å². The van der Waals surface area contributed by atoms with Crippen LogP contribution < -0.4 is 21.9 Å². The first-order valence-corrected chi connectivity index (χ1v) is 8.70. The van der Waals surface area contributed by atoms with Crippen LogP contribution in [0.25, 0.3) is 11.0 Å². The van der Waals surface area contributed by atoms with E-state index < -0.39 is 17.2 Å². The monoisotopic (exact) mass is 365 g/mol. The lowest BCUT2D eigenvalue weighted by Crippen LogP contribution is -2.37. The number of fused-ring (bicyclic) bond motifs is 2. The third-order valence-corrected chi connectivity index (χ3v) is 4.84.